The first-order valence-electron chi connectivity index (χ1n) is 10.5. The molecular formula is C23H22F7NO4. The van der Waals surface area contributed by atoms with E-state index >= 15 is 0 Å². The van der Waals surface area contributed by atoms with Gasteiger partial charge in [-0.25, -0.2) is 9.18 Å². The quantitative estimate of drug-likeness (QED) is 0.512. The molecule has 0 radical (unpaired) electrons. The Balaban J connectivity index is 2.59. The van der Waals surface area contributed by atoms with Gasteiger partial charge in [-0.1, -0.05) is 24.3 Å². The summed E-state index contributed by atoms with van der Waals surface area (Å²) in [6.07, 6.45) is -14.9. The highest BCUT2D eigenvalue weighted by molar-refractivity contribution is 5.69. The van der Waals surface area contributed by atoms with Crippen LogP contribution in [0.1, 0.15) is 42.5 Å². The largest absolute Gasteiger partial charge is 0.465 e. The number of rotatable bonds is 5. The topological polar surface area (TPSA) is 70.0 Å². The molecule has 2 aromatic rings. The van der Waals surface area contributed by atoms with E-state index in [0.29, 0.717) is 4.90 Å². The van der Waals surface area contributed by atoms with Crippen molar-refractivity contribution in [1.29, 1.82) is 0 Å². The second kappa shape index (κ2) is 8.98. The van der Waals surface area contributed by atoms with E-state index in [-0.39, 0.29) is 18.2 Å². The van der Waals surface area contributed by atoms with Crippen molar-refractivity contribution < 1.29 is 50.5 Å². The van der Waals surface area contributed by atoms with Crippen LogP contribution in [0.4, 0.5) is 35.5 Å². The zero-order valence-corrected chi connectivity index (χ0v) is 18.5. The van der Waals surface area contributed by atoms with Gasteiger partial charge in [0.05, 0.1) is 16.5 Å². The van der Waals surface area contributed by atoms with E-state index in [1.165, 1.54) is 6.92 Å². The van der Waals surface area contributed by atoms with E-state index < -0.39 is 71.2 Å². The van der Waals surface area contributed by atoms with Crippen LogP contribution >= 0.6 is 0 Å². The number of carboxylic acid groups (broad SMARTS) is 1. The van der Waals surface area contributed by atoms with Crippen LogP contribution in [0.5, 0.6) is 0 Å². The molecule has 1 saturated heterocycles. The Morgan fingerprint density at radius 1 is 1.09 bits per heavy atom. The van der Waals surface area contributed by atoms with Gasteiger partial charge in [0.25, 0.3) is 0 Å². The number of hydrogen-bond donors (Lipinski definition) is 2. The minimum absolute atomic E-state index is 0.151. The Bertz CT molecular complexity index is 1080. The lowest BCUT2D eigenvalue weighted by Crippen LogP contribution is -2.66. The van der Waals surface area contributed by atoms with Gasteiger partial charge >= 0.3 is 18.4 Å². The van der Waals surface area contributed by atoms with Crippen LogP contribution in [0.3, 0.4) is 0 Å². The van der Waals surface area contributed by atoms with Gasteiger partial charge in [-0.05, 0) is 49.6 Å². The van der Waals surface area contributed by atoms with Gasteiger partial charge in [-0.3, -0.25) is 4.90 Å². The zero-order chi connectivity index (χ0) is 26.4. The standard InChI is InChI=1S/C23H22F7NO4/c1-3-35-21(13(2)32)20(11-12-31(21)19(33)34,14-7-9-15(24)10-8-14)16-5-4-6-17(22(25,26)27)18(16)23(28,29)30/h4-10,13,32H,3,11-12H2,1-2H3,(H,33,34). The van der Waals surface area contributed by atoms with Gasteiger partial charge in [-0.2, -0.15) is 26.3 Å². The lowest BCUT2D eigenvalue weighted by atomic mass is 9.63. The Kier molecular flexibility index (Phi) is 6.86. The Labute approximate surface area is 195 Å². The van der Waals surface area contributed by atoms with Crippen molar-refractivity contribution in [2.75, 3.05) is 13.2 Å². The molecule has 0 bridgehead atoms. The fourth-order valence-corrected chi connectivity index (χ4v) is 5.23. The van der Waals surface area contributed by atoms with Crippen LogP contribution in [0.15, 0.2) is 42.5 Å². The molecule has 12 heteroatoms. The first-order valence-corrected chi connectivity index (χ1v) is 10.5. The van der Waals surface area contributed by atoms with E-state index in [1.54, 1.807) is 0 Å². The molecule has 3 atom stereocenters. The molecule has 0 aromatic heterocycles. The van der Waals surface area contributed by atoms with Crippen molar-refractivity contribution >= 4 is 6.09 Å². The number of nitrogens with zero attached hydrogens (tertiary/aromatic N) is 1. The third-order valence-electron chi connectivity index (χ3n) is 6.33. The molecule has 2 N–H and O–H groups in total. The SMILES string of the molecule is CCOC1(C(C)O)N(C(=O)O)CCC1(c1ccc(F)cc1)c1cccc(C(F)(F)F)c1C(F)(F)F. The summed E-state index contributed by atoms with van der Waals surface area (Å²) in [5.41, 5.74) is -9.88. The molecule has 1 aliphatic heterocycles. The summed E-state index contributed by atoms with van der Waals surface area (Å²) < 4.78 is 104. The average Bonchev–Trinajstić information content (AvgIpc) is 3.10. The molecule has 0 spiro atoms. The van der Waals surface area contributed by atoms with E-state index in [0.717, 1.165) is 43.3 Å². The van der Waals surface area contributed by atoms with Crippen LogP contribution in [0.25, 0.3) is 0 Å². The third kappa shape index (κ3) is 4.12. The predicted molar refractivity (Wildman–Crippen MR) is 109 cm³/mol. The highest BCUT2D eigenvalue weighted by atomic mass is 19.4. The number of halogens is 7. The van der Waals surface area contributed by atoms with Crippen molar-refractivity contribution in [2.45, 2.75) is 49.9 Å². The number of amides is 1. The first-order chi connectivity index (χ1) is 16.1. The molecule has 0 aliphatic carbocycles. The van der Waals surface area contributed by atoms with Crippen LogP contribution in [-0.4, -0.2) is 46.2 Å². The number of aliphatic hydroxyl groups is 1. The van der Waals surface area contributed by atoms with Crippen LogP contribution in [-0.2, 0) is 22.5 Å². The van der Waals surface area contributed by atoms with Crippen LogP contribution < -0.4 is 0 Å². The zero-order valence-electron chi connectivity index (χ0n) is 18.5. The molecule has 1 aliphatic rings. The number of likely N-dealkylation sites (tertiary alicyclic amines) is 1. The second-order valence-corrected chi connectivity index (χ2v) is 8.13. The summed E-state index contributed by atoms with van der Waals surface area (Å²) in [4.78, 5) is 12.8. The average molecular weight is 509 g/mol. The second-order valence-electron chi connectivity index (χ2n) is 8.13. The van der Waals surface area contributed by atoms with Crippen molar-refractivity contribution in [2.24, 2.45) is 0 Å². The maximum atomic E-state index is 14.3. The Hall–Kier alpha value is -2.86. The minimum Gasteiger partial charge on any atom is -0.465 e. The van der Waals surface area contributed by atoms with Crippen LogP contribution in [0.2, 0.25) is 0 Å². The summed E-state index contributed by atoms with van der Waals surface area (Å²) in [5.74, 6) is -0.781. The van der Waals surface area contributed by atoms with Crippen LogP contribution in [0, 0.1) is 5.82 Å². The van der Waals surface area contributed by atoms with Gasteiger partial charge in [-0.15, -0.1) is 0 Å². The van der Waals surface area contributed by atoms with Gasteiger partial charge in [0.1, 0.15) is 11.9 Å². The van der Waals surface area contributed by atoms with Crippen molar-refractivity contribution in [3.63, 3.8) is 0 Å². The molecule has 3 unspecified atom stereocenters. The molecule has 1 amide bonds. The maximum absolute atomic E-state index is 14.3. The molecule has 0 saturated carbocycles. The molecule has 1 heterocycles. The van der Waals surface area contributed by atoms with E-state index in [9.17, 15) is 45.7 Å². The molecule has 35 heavy (non-hydrogen) atoms. The van der Waals surface area contributed by atoms with E-state index in [2.05, 4.69) is 0 Å². The molecule has 2 aromatic carbocycles. The summed E-state index contributed by atoms with van der Waals surface area (Å²) in [6.45, 7) is 1.69. The lowest BCUT2D eigenvalue weighted by molar-refractivity contribution is -0.204. The maximum Gasteiger partial charge on any atom is 0.417 e. The number of hydrogen-bond acceptors (Lipinski definition) is 3. The van der Waals surface area contributed by atoms with Gasteiger partial charge in [0.2, 0.25) is 0 Å². The normalized spacial score (nSPS) is 24.0. The van der Waals surface area contributed by atoms with Gasteiger partial charge in [0.15, 0.2) is 5.72 Å². The van der Waals surface area contributed by atoms with Gasteiger partial charge < -0.3 is 14.9 Å². The molecule has 3 rings (SSSR count). The number of carbonyl (C=O) groups is 1. The monoisotopic (exact) mass is 509 g/mol. The number of benzene rings is 2. The highest BCUT2D eigenvalue weighted by Crippen LogP contribution is 2.58. The Morgan fingerprint density at radius 2 is 1.69 bits per heavy atom. The van der Waals surface area contributed by atoms with E-state index in [4.69, 9.17) is 4.74 Å². The Morgan fingerprint density at radius 3 is 2.14 bits per heavy atom. The van der Waals surface area contributed by atoms with Gasteiger partial charge in [0, 0.05) is 13.2 Å². The van der Waals surface area contributed by atoms with Crippen molar-refractivity contribution in [1.82, 2.24) is 4.90 Å². The summed E-state index contributed by atoms with van der Waals surface area (Å²) >= 11 is 0. The van der Waals surface area contributed by atoms with Crippen molar-refractivity contribution in [3.8, 4) is 0 Å². The summed E-state index contributed by atoms with van der Waals surface area (Å²) in [5, 5.41) is 20.8. The lowest BCUT2D eigenvalue weighted by Gasteiger charge is -2.51. The number of aliphatic hydroxyl groups excluding tert-OH is 1. The summed E-state index contributed by atoms with van der Waals surface area (Å²) in [6, 6.07) is 5.75. The fourth-order valence-electron chi connectivity index (χ4n) is 5.23. The smallest absolute Gasteiger partial charge is 0.417 e. The van der Waals surface area contributed by atoms with E-state index in [1.807, 2.05) is 0 Å². The molecular weight excluding hydrogens is 487 g/mol. The molecule has 192 valence electrons. The first kappa shape index (κ1) is 26.7. The summed E-state index contributed by atoms with van der Waals surface area (Å²) in [7, 11) is 0. The molecule has 5 nitrogen and oxygen atoms in total. The minimum atomic E-state index is -5.53. The number of alkyl halides is 6. The third-order valence-corrected chi connectivity index (χ3v) is 6.33. The molecule has 1 fully saturated rings. The fraction of sp³-hybridized carbons (Fsp3) is 0.435. The van der Waals surface area contributed by atoms with Crippen molar-refractivity contribution in [3.05, 3.63) is 70.5 Å². The highest BCUT2D eigenvalue weighted by Gasteiger charge is 2.68. The predicted octanol–water partition coefficient (Wildman–Crippen LogP) is 5.65. The number of ether oxygens (including phenoxy) is 1.